The molecule has 1 aromatic rings. The van der Waals surface area contributed by atoms with E-state index in [9.17, 15) is 0 Å². The third-order valence-corrected chi connectivity index (χ3v) is 5.53. The molecule has 1 N–H and O–H groups in total. The highest BCUT2D eigenvalue weighted by Crippen LogP contribution is 2.49. The predicted octanol–water partition coefficient (Wildman–Crippen LogP) is 3.07. The van der Waals surface area contributed by atoms with Crippen LogP contribution in [0.5, 0.6) is 5.75 Å². The van der Waals surface area contributed by atoms with Crippen molar-refractivity contribution in [1.82, 2.24) is 10.2 Å². The summed E-state index contributed by atoms with van der Waals surface area (Å²) < 4.78 is 12.6. The van der Waals surface area contributed by atoms with E-state index in [0.29, 0.717) is 13.2 Å². The maximum atomic E-state index is 6.41. The topological polar surface area (TPSA) is 33.7 Å². The van der Waals surface area contributed by atoms with Crippen molar-refractivity contribution in [3.63, 3.8) is 0 Å². The lowest BCUT2D eigenvalue weighted by Gasteiger charge is -2.56. The molecule has 3 rings (SSSR count). The van der Waals surface area contributed by atoms with Crippen LogP contribution in [0.3, 0.4) is 0 Å². The average molecular weight is 371 g/mol. The Hall–Kier alpha value is -0.850. The lowest BCUT2D eigenvalue weighted by atomic mass is 9.81. The number of para-hydroxylation sites is 1. The van der Waals surface area contributed by atoms with Crippen molar-refractivity contribution in [3.8, 4) is 5.75 Å². The van der Waals surface area contributed by atoms with Crippen molar-refractivity contribution in [2.45, 2.75) is 25.6 Å². The van der Waals surface area contributed by atoms with Gasteiger partial charge in [-0.2, -0.15) is 0 Å². The summed E-state index contributed by atoms with van der Waals surface area (Å²) in [6.07, 6.45) is 0. The second-order valence-electron chi connectivity index (χ2n) is 5.68. The van der Waals surface area contributed by atoms with Gasteiger partial charge in [0, 0.05) is 25.1 Å². The molecule has 21 heavy (non-hydrogen) atoms. The Labute approximate surface area is 138 Å². The van der Waals surface area contributed by atoms with Gasteiger partial charge in [-0.25, -0.2) is 0 Å². The number of thiocarbonyl (C=S) groups is 1. The molecule has 1 fully saturated rings. The van der Waals surface area contributed by atoms with E-state index in [1.54, 1.807) is 7.11 Å². The Balaban J connectivity index is 2.05. The standard InChI is InChI=1S/C15H19BrN2O2S/c1-9-12-10-5-4-6-11(16)13(10)20-15(9,2)18(7-8-19-3)14(21)17-12/h4-6,9,12H,7-8H2,1-3H3,(H,17,21). The number of nitrogens with one attached hydrogen (secondary N) is 1. The SMILES string of the molecule is COCCN1C(=S)NC2c3cccc(Br)c3OC1(C)C2C. The van der Waals surface area contributed by atoms with Crippen LogP contribution in [0.1, 0.15) is 25.5 Å². The summed E-state index contributed by atoms with van der Waals surface area (Å²) in [5.41, 5.74) is 0.686. The minimum Gasteiger partial charge on any atom is -0.466 e. The zero-order valence-electron chi connectivity index (χ0n) is 12.4. The van der Waals surface area contributed by atoms with Crippen LogP contribution in [0.25, 0.3) is 0 Å². The van der Waals surface area contributed by atoms with Gasteiger partial charge < -0.3 is 19.7 Å². The number of nitrogens with zero attached hydrogens (tertiary/aromatic N) is 1. The molecule has 0 amide bonds. The van der Waals surface area contributed by atoms with Crippen molar-refractivity contribution in [2.75, 3.05) is 20.3 Å². The molecule has 6 heteroatoms. The molecule has 2 aliphatic rings. The third-order valence-electron chi connectivity index (χ3n) is 4.57. The van der Waals surface area contributed by atoms with E-state index in [0.717, 1.165) is 20.9 Å². The number of ether oxygens (including phenoxy) is 2. The van der Waals surface area contributed by atoms with Crippen LogP contribution in [0, 0.1) is 5.92 Å². The van der Waals surface area contributed by atoms with Gasteiger partial charge in [0.25, 0.3) is 0 Å². The Bertz CT molecular complexity index is 583. The number of rotatable bonds is 3. The molecule has 3 unspecified atom stereocenters. The Morgan fingerprint density at radius 3 is 3.00 bits per heavy atom. The van der Waals surface area contributed by atoms with Crippen molar-refractivity contribution < 1.29 is 9.47 Å². The van der Waals surface area contributed by atoms with E-state index < -0.39 is 5.72 Å². The monoisotopic (exact) mass is 370 g/mol. The summed E-state index contributed by atoms with van der Waals surface area (Å²) in [5.74, 6) is 1.17. The van der Waals surface area contributed by atoms with Gasteiger partial charge in [0.1, 0.15) is 5.75 Å². The molecule has 2 heterocycles. The van der Waals surface area contributed by atoms with Gasteiger partial charge in [0.15, 0.2) is 10.8 Å². The zero-order chi connectivity index (χ0) is 15.2. The highest BCUT2D eigenvalue weighted by atomic mass is 79.9. The van der Waals surface area contributed by atoms with Crippen LogP contribution in [-0.2, 0) is 4.74 Å². The fourth-order valence-electron chi connectivity index (χ4n) is 3.18. The first-order valence-electron chi connectivity index (χ1n) is 7.03. The molecule has 1 aromatic carbocycles. The van der Waals surface area contributed by atoms with Crippen molar-refractivity contribution >= 4 is 33.3 Å². The molecule has 0 saturated carbocycles. The third kappa shape index (κ3) is 2.24. The smallest absolute Gasteiger partial charge is 0.186 e. The van der Waals surface area contributed by atoms with Crippen LogP contribution >= 0.6 is 28.1 Å². The van der Waals surface area contributed by atoms with Gasteiger partial charge >= 0.3 is 0 Å². The van der Waals surface area contributed by atoms with E-state index in [4.69, 9.17) is 21.7 Å². The summed E-state index contributed by atoms with van der Waals surface area (Å²) in [5, 5.41) is 4.19. The maximum Gasteiger partial charge on any atom is 0.186 e. The van der Waals surface area contributed by atoms with Gasteiger partial charge in [-0.1, -0.05) is 19.1 Å². The van der Waals surface area contributed by atoms with E-state index in [1.807, 2.05) is 12.1 Å². The molecule has 4 nitrogen and oxygen atoms in total. The molecular weight excluding hydrogens is 352 g/mol. The lowest BCUT2D eigenvalue weighted by Crippen LogP contribution is -2.69. The fourth-order valence-corrected chi connectivity index (χ4v) is 4.04. The summed E-state index contributed by atoms with van der Waals surface area (Å²) in [7, 11) is 1.70. The molecule has 2 bridgehead atoms. The minimum absolute atomic E-state index is 0.169. The van der Waals surface area contributed by atoms with E-state index in [1.165, 1.54) is 0 Å². The first-order chi connectivity index (χ1) is 9.99. The number of hydrogen-bond acceptors (Lipinski definition) is 3. The summed E-state index contributed by atoms with van der Waals surface area (Å²) in [4.78, 5) is 2.09. The van der Waals surface area contributed by atoms with E-state index in [-0.39, 0.29) is 12.0 Å². The highest BCUT2D eigenvalue weighted by molar-refractivity contribution is 9.10. The predicted molar refractivity (Wildman–Crippen MR) is 89.4 cm³/mol. The molecule has 0 spiro atoms. The number of benzene rings is 1. The van der Waals surface area contributed by atoms with Gasteiger partial charge in [-0.3, -0.25) is 0 Å². The summed E-state index contributed by atoms with van der Waals surface area (Å²) in [6, 6.07) is 6.30. The van der Waals surface area contributed by atoms with Gasteiger partial charge in [-0.15, -0.1) is 0 Å². The molecule has 0 radical (unpaired) electrons. The lowest BCUT2D eigenvalue weighted by molar-refractivity contribution is -0.115. The normalized spacial score (nSPS) is 30.5. The zero-order valence-corrected chi connectivity index (χ0v) is 14.8. The van der Waals surface area contributed by atoms with Crippen LogP contribution in [0.2, 0.25) is 0 Å². The number of methoxy groups -OCH3 is 1. The quantitative estimate of drug-likeness (QED) is 0.826. The Morgan fingerprint density at radius 1 is 1.52 bits per heavy atom. The Kier molecular flexibility index (Phi) is 3.88. The molecular formula is C15H19BrN2O2S. The van der Waals surface area contributed by atoms with Crippen molar-refractivity contribution in [3.05, 3.63) is 28.2 Å². The van der Waals surface area contributed by atoms with Crippen molar-refractivity contribution in [1.29, 1.82) is 0 Å². The van der Waals surface area contributed by atoms with Crippen LogP contribution < -0.4 is 10.1 Å². The summed E-state index contributed by atoms with van der Waals surface area (Å²) >= 11 is 9.14. The van der Waals surface area contributed by atoms with Gasteiger partial charge in [-0.05, 0) is 41.1 Å². The second kappa shape index (κ2) is 5.41. The number of halogens is 1. The molecule has 1 saturated heterocycles. The van der Waals surface area contributed by atoms with Gasteiger partial charge in [0.05, 0.1) is 17.1 Å². The molecule has 114 valence electrons. The van der Waals surface area contributed by atoms with Crippen molar-refractivity contribution in [2.24, 2.45) is 5.92 Å². The summed E-state index contributed by atoms with van der Waals surface area (Å²) in [6.45, 7) is 5.62. The van der Waals surface area contributed by atoms with Gasteiger partial charge in [0.2, 0.25) is 0 Å². The molecule has 3 atom stereocenters. The van der Waals surface area contributed by atoms with E-state index >= 15 is 0 Å². The molecule has 0 aromatic heterocycles. The second-order valence-corrected chi connectivity index (χ2v) is 6.92. The van der Waals surface area contributed by atoms with Crippen LogP contribution in [-0.4, -0.2) is 36.0 Å². The largest absolute Gasteiger partial charge is 0.466 e. The first kappa shape index (κ1) is 15.1. The Morgan fingerprint density at radius 2 is 2.29 bits per heavy atom. The number of hydrogen-bond donors (Lipinski definition) is 1. The maximum absolute atomic E-state index is 6.41. The molecule has 2 aliphatic heterocycles. The average Bonchev–Trinajstić information content (AvgIpc) is 2.44. The highest BCUT2D eigenvalue weighted by Gasteiger charge is 2.53. The van der Waals surface area contributed by atoms with Crippen LogP contribution in [0.15, 0.2) is 22.7 Å². The minimum atomic E-state index is -0.470. The fraction of sp³-hybridized carbons (Fsp3) is 0.533. The van der Waals surface area contributed by atoms with Crippen LogP contribution in [0.4, 0.5) is 0 Å². The van der Waals surface area contributed by atoms with E-state index in [2.05, 4.69) is 46.1 Å². The number of fused-ring (bicyclic) bond motifs is 4. The molecule has 0 aliphatic carbocycles. The first-order valence-corrected chi connectivity index (χ1v) is 8.23.